The van der Waals surface area contributed by atoms with Crippen LogP contribution in [0.4, 0.5) is 0 Å². The molecule has 4 heterocycles. The van der Waals surface area contributed by atoms with E-state index in [1.54, 1.807) is 35.1 Å². The summed E-state index contributed by atoms with van der Waals surface area (Å²) in [4.78, 5) is 7.36. The molecule has 2 atom stereocenters. The van der Waals surface area contributed by atoms with E-state index < -0.39 is 41.9 Å². The van der Waals surface area contributed by atoms with Gasteiger partial charge in [-0.15, -0.1) is 5.11 Å². The second kappa shape index (κ2) is 8.30. The van der Waals surface area contributed by atoms with Gasteiger partial charge in [-0.2, -0.15) is 5.11 Å². The van der Waals surface area contributed by atoms with E-state index in [4.69, 9.17) is 10.9 Å². The monoisotopic (exact) mass is 503 g/mol. The van der Waals surface area contributed by atoms with Crippen LogP contribution in [0.3, 0.4) is 0 Å². The third-order valence-electron chi connectivity index (χ3n) is 5.65. The molecular formula is C19H21N9O4S2. The first kappa shape index (κ1) is 22.7. The zero-order valence-corrected chi connectivity index (χ0v) is 19.3. The molecule has 0 unspecified atom stereocenters. The van der Waals surface area contributed by atoms with Gasteiger partial charge < -0.3 is 15.5 Å². The Hall–Kier alpha value is -3.08. The average Bonchev–Trinajstić information content (AvgIpc) is 3.54. The zero-order valence-electron chi connectivity index (χ0n) is 17.7. The smallest absolute Gasteiger partial charge is 0.242 e. The number of benzene rings is 1. The molecule has 2 aliphatic heterocycles. The van der Waals surface area contributed by atoms with Crippen LogP contribution in [0, 0.1) is 0 Å². The number of fused-ring (bicyclic) bond motifs is 1. The van der Waals surface area contributed by atoms with Crippen molar-refractivity contribution in [2.45, 2.75) is 21.9 Å². The first-order chi connectivity index (χ1) is 16.2. The molecule has 1 saturated heterocycles. The summed E-state index contributed by atoms with van der Waals surface area (Å²) in [6.45, 7) is 0.702. The molecular weight excluding hydrogens is 482 g/mol. The third-order valence-corrected chi connectivity index (χ3v) is 8.30. The molecule has 0 amide bonds. The molecule has 2 aliphatic rings. The van der Waals surface area contributed by atoms with Crippen LogP contribution < -0.4 is 20.9 Å². The minimum atomic E-state index is -4.58. The molecule has 6 N–H and O–H groups in total. The van der Waals surface area contributed by atoms with Crippen molar-refractivity contribution in [3.63, 3.8) is 0 Å². The fourth-order valence-corrected chi connectivity index (χ4v) is 7.00. The van der Waals surface area contributed by atoms with Crippen molar-refractivity contribution >= 4 is 31.5 Å². The number of sulfonamides is 2. The van der Waals surface area contributed by atoms with Crippen LogP contribution in [0.2, 0.25) is 0 Å². The second-order valence-corrected chi connectivity index (χ2v) is 11.0. The lowest BCUT2D eigenvalue weighted by atomic mass is 9.99. The van der Waals surface area contributed by atoms with Gasteiger partial charge in [0.25, 0.3) is 0 Å². The second-order valence-electron chi connectivity index (χ2n) is 7.85. The van der Waals surface area contributed by atoms with Gasteiger partial charge in [-0.3, -0.25) is 0 Å². The molecule has 2 aromatic heterocycles. The lowest BCUT2D eigenvalue weighted by molar-refractivity contribution is 0.536. The lowest BCUT2D eigenvalue weighted by Crippen LogP contribution is -2.47. The number of azo groups is 1. The number of amidine groups is 1. The van der Waals surface area contributed by atoms with Gasteiger partial charge in [0.1, 0.15) is 15.4 Å². The molecule has 178 valence electrons. The van der Waals surface area contributed by atoms with Gasteiger partial charge in [0.05, 0.1) is 11.6 Å². The number of nitrogens with one attached hydrogen (secondary N) is 2. The quantitative estimate of drug-likeness (QED) is 0.344. The number of pyridine rings is 1. The average molecular weight is 504 g/mol. The van der Waals surface area contributed by atoms with Crippen LogP contribution in [-0.4, -0.2) is 63.9 Å². The summed E-state index contributed by atoms with van der Waals surface area (Å²) >= 11 is 0. The van der Waals surface area contributed by atoms with Crippen molar-refractivity contribution in [1.29, 1.82) is 0 Å². The highest BCUT2D eigenvalue weighted by atomic mass is 32.2. The van der Waals surface area contributed by atoms with E-state index >= 15 is 0 Å². The Kier molecular flexibility index (Phi) is 5.54. The number of hydrogen-bond donors (Lipinski definition) is 4. The summed E-state index contributed by atoms with van der Waals surface area (Å²) in [6.07, 6.45) is 5.10. The predicted molar refractivity (Wildman–Crippen MR) is 123 cm³/mol. The first-order valence-corrected chi connectivity index (χ1v) is 13.2. The van der Waals surface area contributed by atoms with Crippen LogP contribution in [0.25, 0.3) is 16.8 Å². The molecule has 0 bridgehead atoms. The van der Waals surface area contributed by atoms with Gasteiger partial charge in [0, 0.05) is 43.3 Å². The normalized spacial score (nSPS) is 20.8. The largest absolute Gasteiger partial charge is 0.325 e. The molecule has 34 heavy (non-hydrogen) atoms. The van der Waals surface area contributed by atoms with E-state index in [0.717, 1.165) is 0 Å². The molecule has 0 radical (unpaired) electrons. The number of nitrogens with zero attached hydrogens (tertiary/aromatic N) is 5. The summed E-state index contributed by atoms with van der Waals surface area (Å²) in [6, 6.07) is 5.08. The fraction of sp³-hybridized carbons (Fsp3) is 0.263. The minimum absolute atomic E-state index is 0.0236. The third kappa shape index (κ3) is 3.91. The summed E-state index contributed by atoms with van der Waals surface area (Å²) in [5.41, 5.74) is 7.32. The molecule has 0 spiro atoms. The number of nitrogens with two attached hydrogens (primary N) is 2. The highest BCUT2D eigenvalue weighted by Gasteiger charge is 2.35. The molecule has 15 heteroatoms. The number of aromatic nitrogens is 2. The maximum Gasteiger partial charge on any atom is 0.242 e. The Morgan fingerprint density at radius 1 is 1.09 bits per heavy atom. The highest BCUT2D eigenvalue weighted by Crippen LogP contribution is 2.36. The molecule has 13 nitrogen and oxygen atoms in total. The summed E-state index contributed by atoms with van der Waals surface area (Å²) in [5, 5.41) is 16.4. The van der Waals surface area contributed by atoms with Crippen molar-refractivity contribution in [2.24, 2.45) is 26.1 Å². The molecule has 3 aromatic rings. The summed E-state index contributed by atoms with van der Waals surface area (Å²) in [7, 11) is -8.93. The van der Waals surface area contributed by atoms with Gasteiger partial charge in [-0.1, -0.05) is 6.07 Å². The van der Waals surface area contributed by atoms with E-state index in [9.17, 15) is 16.8 Å². The van der Waals surface area contributed by atoms with E-state index in [1.807, 2.05) is 0 Å². The molecule has 1 fully saturated rings. The van der Waals surface area contributed by atoms with Gasteiger partial charge >= 0.3 is 0 Å². The van der Waals surface area contributed by atoms with Crippen LogP contribution in [0.5, 0.6) is 0 Å². The number of hydrogen-bond acceptors (Lipinski definition) is 10. The molecule has 1 aromatic carbocycles. The minimum Gasteiger partial charge on any atom is -0.325 e. The Morgan fingerprint density at radius 3 is 2.59 bits per heavy atom. The van der Waals surface area contributed by atoms with Gasteiger partial charge in [0.2, 0.25) is 20.0 Å². The number of imidazole rings is 1. The maximum absolute atomic E-state index is 13.4. The van der Waals surface area contributed by atoms with E-state index in [-0.39, 0.29) is 18.1 Å². The van der Waals surface area contributed by atoms with Crippen molar-refractivity contribution in [1.82, 2.24) is 19.4 Å². The maximum atomic E-state index is 13.4. The Bertz CT molecular complexity index is 1560. The summed E-state index contributed by atoms with van der Waals surface area (Å²) in [5.74, 6) is -0.0381. The Labute approximate surface area is 195 Å². The number of aliphatic imine (C=N–C) groups is 1. The van der Waals surface area contributed by atoms with Crippen molar-refractivity contribution < 1.29 is 16.8 Å². The fourth-order valence-electron chi connectivity index (χ4n) is 4.11. The van der Waals surface area contributed by atoms with Gasteiger partial charge in [0.15, 0.2) is 12.5 Å². The number of primary sulfonamides is 1. The van der Waals surface area contributed by atoms with Gasteiger partial charge in [-0.05, 0) is 23.8 Å². The van der Waals surface area contributed by atoms with E-state index in [2.05, 4.69) is 30.2 Å². The van der Waals surface area contributed by atoms with Crippen molar-refractivity contribution in [3.8, 4) is 11.1 Å². The molecule has 0 aliphatic carbocycles. The standard InChI is InChI=1S/C19H21N9O4S2/c20-13-8-22-9-14(13)27-34(31,32)15-4-3-11(12-2-1-6-28-7-5-23-19(12)28)16(17(15)33(21,29)30)18-24-10-25-26-18/h1-7,13-14,22,27H,8-10,20H2,(H2,21,29,30)/t13-,14+/m1/s1. The van der Waals surface area contributed by atoms with E-state index in [0.29, 0.717) is 29.9 Å². The SMILES string of the molecule is N[C@@H]1CNC[C@@H]1NS(=O)(=O)c1ccc(-c2cccn3ccnc23)c(C2=NCN=N2)c1S(N)(=O)=O. The topological polar surface area (TPSA) is 199 Å². The lowest BCUT2D eigenvalue weighted by Gasteiger charge is -2.20. The summed E-state index contributed by atoms with van der Waals surface area (Å²) < 4.78 is 56.7. The molecule has 0 saturated carbocycles. The highest BCUT2D eigenvalue weighted by molar-refractivity contribution is 7.92. The molecule has 5 rings (SSSR count). The van der Waals surface area contributed by atoms with Crippen molar-refractivity contribution in [3.05, 3.63) is 48.4 Å². The van der Waals surface area contributed by atoms with E-state index in [1.165, 1.54) is 12.1 Å². The first-order valence-electron chi connectivity index (χ1n) is 10.2. The number of rotatable bonds is 6. The Balaban J connectivity index is 1.80. The van der Waals surface area contributed by atoms with Crippen LogP contribution >= 0.6 is 0 Å². The predicted octanol–water partition coefficient (Wildman–Crippen LogP) is -0.604. The van der Waals surface area contributed by atoms with Crippen LogP contribution in [0.15, 0.2) is 67.9 Å². The Morgan fingerprint density at radius 2 is 1.91 bits per heavy atom. The van der Waals surface area contributed by atoms with Crippen LogP contribution in [0.1, 0.15) is 5.56 Å². The van der Waals surface area contributed by atoms with Gasteiger partial charge in [-0.25, -0.2) is 36.7 Å². The zero-order chi connectivity index (χ0) is 24.1. The van der Waals surface area contributed by atoms with Crippen molar-refractivity contribution in [2.75, 3.05) is 19.8 Å². The van der Waals surface area contributed by atoms with Crippen LogP contribution in [-0.2, 0) is 20.0 Å².